The molecule has 1 saturated heterocycles. The standard InChI is InChI=1S/C17H24N2O6S/c1-16(2,3)25-15(22)18-8-6-17(7-9-18,14(20)21)12(11-19(23)24)13-5-4-10-26-13/h4-5,10,12H,6-9,11H2,1-3H3,(H,20,21). The molecule has 2 heterocycles. The summed E-state index contributed by atoms with van der Waals surface area (Å²) in [4.78, 5) is 37.2. The van der Waals surface area contributed by atoms with Crippen LogP contribution in [0.4, 0.5) is 4.79 Å². The number of aliphatic carboxylic acids is 1. The lowest BCUT2D eigenvalue weighted by Gasteiger charge is -2.42. The second-order valence-corrected chi connectivity index (χ2v) is 8.49. The first-order valence-corrected chi connectivity index (χ1v) is 9.30. The van der Waals surface area contributed by atoms with E-state index in [2.05, 4.69) is 0 Å². The maximum absolute atomic E-state index is 12.2. The number of ether oxygens (including phenoxy) is 1. The molecule has 0 aliphatic carbocycles. The molecular formula is C17H24N2O6S. The van der Waals surface area contributed by atoms with Gasteiger partial charge in [0.15, 0.2) is 0 Å². The van der Waals surface area contributed by atoms with Gasteiger partial charge in [0, 0.05) is 22.9 Å². The van der Waals surface area contributed by atoms with Crippen molar-refractivity contribution in [1.82, 2.24) is 4.90 Å². The van der Waals surface area contributed by atoms with Gasteiger partial charge >= 0.3 is 12.1 Å². The van der Waals surface area contributed by atoms with Gasteiger partial charge in [0.25, 0.3) is 0 Å². The number of carboxylic acids is 1. The highest BCUT2D eigenvalue weighted by Gasteiger charge is 2.51. The van der Waals surface area contributed by atoms with Crippen molar-refractivity contribution >= 4 is 23.4 Å². The average Bonchev–Trinajstić information content (AvgIpc) is 3.04. The van der Waals surface area contributed by atoms with Gasteiger partial charge in [-0.15, -0.1) is 11.3 Å². The lowest BCUT2D eigenvalue weighted by atomic mass is 9.68. The fraction of sp³-hybridized carbons (Fsp3) is 0.647. The predicted molar refractivity (Wildman–Crippen MR) is 96.0 cm³/mol. The molecule has 0 aromatic carbocycles. The van der Waals surface area contributed by atoms with Gasteiger partial charge in [-0.25, -0.2) is 4.79 Å². The molecule has 1 amide bonds. The van der Waals surface area contributed by atoms with Crippen LogP contribution in [0.25, 0.3) is 0 Å². The molecule has 144 valence electrons. The first kappa shape index (κ1) is 20.2. The van der Waals surface area contributed by atoms with E-state index in [0.717, 1.165) is 0 Å². The minimum atomic E-state index is -1.27. The number of rotatable bonds is 5. The minimum absolute atomic E-state index is 0.151. The summed E-state index contributed by atoms with van der Waals surface area (Å²) >= 11 is 1.32. The van der Waals surface area contributed by atoms with Gasteiger partial charge in [0.1, 0.15) is 5.60 Å². The lowest BCUT2D eigenvalue weighted by Crippen LogP contribution is -2.51. The van der Waals surface area contributed by atoms with Gasteiger partial charge in [-0.1, -0.05) is 6.07 Å². The molecule has 1 atom stereocenters. The van der Waals surface area contributed by atoms with Gasteiger partial charge in [0.05, 0.1) is 11.3 Å². The van der Waals surface area contributed by atoms with Gasteiger partial charge in [0.2, 0.25) is 6.54 Å². The van der Waals surface area contributed by atoms with Crippen LogP contribution in [0.5, 0.6) is 0 Å². The maximum atomic E-state index is 12.2. The molecular weight excluding hydrogens is 360 g/mol. The molecule has 1 N–H and O–H groups in total. The highest BCUT2D eigenvalue weighted by Crippen LogP contribution is 2.46. The quantitative estimate of drug-likeness (QED) is 0.616. The second-order valence-electron chi connectivity index (χ2n) is 7.51. The molecule has 0 saturated carbocycles. The number of thiophene rings is 1. The van der Waals surface area contributed by atoms with Crippen LogP contribution < -0.4 is 0 Å². The Morgan fingerprint density at radius 1 is 1.42 bits per heavy atom. The van der Waals surface area contributed by atoms with E-state index in [-0.39, 0.29) is 25.9 Å². The molecule has 1 aliphatic heterocycles. The van der Waals surface area contributed by atoms with E-state index in [0.29, 0.717) is 4.88 Å². The van der Waals surface area contributed by atoms with Crippen molar-refractivity contribution in [3.05, 3.63) is 32.5 Å². The van der Waals surface area contributed by atoms with E-state index in [1.165, 1.54) is 16.2 Å². The Labute approximate surface area is 155 Å². The number of hydrogen-bond acceptors (Lipinski definition) is 6. The van der Waals surface area contributed by atoms with Gasteiger partial charge in [-0.3, -0.25) is 14.9 Å². The Bertz CT molecular complexity index is 659. The summed E-state index contributed by atoms with van der Waals surface area (Å²) in [6.07, 6.45) is -0.186. The van der Waals surface area contributed by atoms with Crippen molar-refractivity contribution < 1.29 is 24.4 Å². The van der Waals surface area contributed by atoms with E-state index in [1.807, 2.05) is 0 Å². The van der Waals surface area contributed by atoms with Gasteiger partial charge in [-0.2, -0.15) is 0 Å². The molecule has 1 aliphatic rings. The van der Waals surface area contributed by atoms with Crippen molar-refractivity contribution in [3.63, 3.8) is 0 Å². The molecule has 8 nitrogen and oxygen atoms in total. The first-order chi connectivity index (χ1) is 12.0. The highest BCUT2D eigenvalue weighted by molar-refractivity contribution is 7.10. The Morgan fingerprint density at radius 3 is 2.46 bits per heavy atom. The summed E-state index contributed by atoms with van der Waals surface area (Å²) in [6.45, 7) is 5.24. The third-order valence-corrected chi connectivity index (χ3v) is 5.60. The SMILES string of the molecule is CC(C)(C)OC(=O)N1CCC(C(=O)O)(C(C[N+](=O)[O-])c2cccs2)CC1. The topological polar surface area (TPSA) is 110 Å². The Kier molecular flexibility index (Phi) is 5.90. The van der Waals surface area contributed by atoms with Crippen LogP contribution in [-0.2, 0) is 9.53 Å². The number of carboxylic acid groups (broad SMARTS) is 1. The van der Waals surface area contributed by atoms with Crippen LogP contribution in [0.1, 0.15) is 44.4 Å². The number of nitrogens with zero attached hydrogens (tertiary/aromatic N) is 2. The number of piperidine rings is 1. The van der Waals surface area contributed by atoms with Crippen molar-refractivity contribution in [2.24, 2.45) is 5.41 Å². The van der Waals surface area contributed by atoms with E-state index in [9.17, 15) is 24.8 Å². The molecule has 1 unspecified atom stereocenters. The van der Waals surface area contributed by atoms with E-state index in [1.54, 1.807) is 38.3 Å². The average molecular weight is 384 g/mol. The molecule has 26 heavy (non-hydrogen) atoms. The van der Waals surface area contributed by atoms with E-state index in [4.69, 9.17) is 4.74 Å². The molecule has 1 aromatic heterocycles. The zero-order valence-corrected chi connectivity index (χ0v) is 16.0. The number of amides is 1. The summed E-state index contributed by atoms with van der Waals surface area (Å²) in [5, 5.41) is 22.9. The number of likely N-dealkylation sites (tertiary alicyclic amines) is 1. The van der Waals surface area contributed by atoms with Crippen LogP contribution in [0.2, 0.25) is 0 Å². The van der Waals surface area contributed by atoms with E-state index < -0.39 is 40.5 Å². The largest absolute Gasteiger partial charge is 0.481 e. The summed E-state index contributed by atoms with van der Waals surface area (Å²) < 4.78 is 5.34. The smallest absolute Gasteiger partial charge is 0.410 e. The van der Waals surface area contributed by atoms with Crippen LogP contribution in [-0.4, -0.2) is 52.2 Å². The third kappa shape index (κ3) is 4.51. The molecule has 1 aromatic rings. The van der Waals surface area contributed by atoms with Gasteiger partial charge in [-0.05, 0) is 45.1 Å². The third-order valence-electron chi connectivity index (χ3n) is 4.62. The monoisotopic (exact) mass is 384 g/mol. The molecule has 1 fully saturated rings. The summed E-state index contributed by atoms with van der Waals surface area (Å²) in [6, 6.07) is 3.50. The highest BCUT2D eigenvalue weighted by atomic mass is 32.1. The minimum Gasteiger partial charge on any atom is -0.481 e. The Morgan fingerprint density at radius 2 is 2.04 bits per heavy atom. The predicted octanol–water partition coefficient (Wildman–Crippen LogP) is 3.21. The summed E-state index contributed by atoms with van der Waals surface area (Å²) in [5.41, 5.74) is -1.90. The van der Waals surface area contributed by atoms with Crippen molar-refractivity contribution in [2.45, 2.75) is 45.1 Å². The first-order valence-electron chi connectivity index (χ1n) is 8.42. The fourth-order valence-electron chi connectivity index (χ4n) is 3.30. The summed E-state index contributed by atoms with van der Waals surface area (Å²) in [5.74, 6) is -1.78. The molecule has 9 heteroatoms. The number of carbonyl (C=O) groups is 2. The zero-order chi connectivity index (χ0) is 19.5. The lowest BCUT2D eigenvalue weighted by molar-refractivity contribution is -0.486. The van der Waals surface area contributed by atoms with Crippen LogP contribution in [0.15, 0.2) is 17.5 Å². The molecule has 2 rings (SSSR count). The Hall–Kier alpha value is -2.16. The Balaban J connectivity index is 2.22. The number of nitro groups is 1. The van der Waals surface area contributed by atoms with E-state index >= 15 is 0 Å². The van der Waals surface area contributed by atoms with Crippen LogP contribution in [0, 0.1) is 15.5 Å². The van der Waals surface area contributed by atoms with Crippen molar-refractivity contribution in [1.29, 1.82) is 0 Å². The number of hydrogen-bond donors (Lipinski definition) is 1. The maximum Gasteiger partial charge on any atom is 0.410 e. The van der Waals surface area contributed by atoms with Crippen molar-refractivity contribution in [3.8, 4) is 0 Å². The van der Waals surface area contributed by atoms with Crippen LogP contribution >= 0.6 is 11.3 Å². The fourth-order valence-corrected chi connectivity index (χ4v) is 4.24. The number of carbonyl (C=O) groups excluding carboxylic acids is 1. The normalized spacial score (nSPS) is 18.2. The zero-order valence-electron chi connectivity index (χ0n) is 15.1. The summed E-state index contributed by atoms with van der Waals surface area (Å²) in [7, 11) is 0. The second kappa shape index (κ2) is 7.61. The van der Waals surface area contributed by atoms with Crippen molar-refractivity contribution in [2.75, 3.05) is 19.6 Å². The molecule has 0 bridgehead atoms. The molecule has 0 radical (unpaired) electrons. The van der Waals surface area contributed by atoms with Crippen LogP contribution in [0.3, 0.4) is 0 Å². The van der Waals surface area contributed by atoms with Gasteiger partial charge < -0.3 is 14.7 Å². The molecule has 0 spiro atoms.